The lowest BCUT2D eigenvalue weighted by Gasteiger charge is -2.18. The normalized spacial score (nSPS) is 10.8. The number of aromatic amines is 1. The van der Waals surface area contributed by atoms with Crippen molar-refractivity contribution in [1.29, 1.82) is 0 Å². The zero-order valence-electron chi connectivity index (χ0n) is 13.7. The maximum absolute atomic E-state index is 12.7. The van der Waals surface area contributed by atoms with Crippen LogP contribution in [0.1, 0.15) is 28.7 Å². The van der Waals surface area contributed by atoms with Crippen LogP contribution in [0.2, 0.25) is 0 Å². The number of benzene rings is 1. The standard InChI is InChI=1S/C17H18N4O2S/c1-4-20(17-19-11(2)10-24-17)15(22)13-5-7-14(8-6-13)21-12(3)9-18-16(21)23/h5-10H,4H2,1-3H3,(H,18,23). The topological polar surface area (TPSA) is 71.0 Å². The molecule has 0 aliphatic heterocycles. The highest BCUT2D eigenvalue weighted by atomic mass is 32.1. The monoisotopic (exact) mass is 342 g/mol. The van der Waals surface area contributed by atoms with E-state index in [1.54, 1.807) is 39.9 Å². The Hall–Kier alpha value is -2.67. The van der Waals surface area contributed by atoms with Crippen molar-refractivity contribution in [3.8, 4) is 5.69 Å². The third-order valence-corrected chi connectivity index (χ3v) is 4.71. The second kappa shape index (κ2) is 6.45. The van der Waals surface area contributed by atoms with Crippen LogP contribution in [0.4, 0.5) is 5.13 Å². The van der Waals surface area contributed by atoms with E-state index in [4.69, 9.17) is 0 Å². The summed E-state index contributed by atoms with van der Waals surface area (Å²) in [4.78, 5) is 33.2. The van der Waals surface area contributed by atoms with Crippen LogP contribution in [0.5, 0.6) is 0 Å². The third-order valence-electron chi connectivity index (χ3n) is 3.73. The summed E-state index contributed by atoms with van der Waals surface area (Å²) in [6, 6.07) is 7.02. The maximum Gasteiger partial charge on any atom is 0.330 e. The Balaban J connectivity index is 1.90. The van der Waals surface area contributed by atoms with E-state index in [9.17, 15) is 9.59 Å². The Labute approximate surface area is 143 Å². The van der Waals surface area contributed by atoms with Gasteiger partial charge in [-0.05, 0) is 45.0 Å². The molecule has 0 aliphatic rings. The van der Waals surface area contributed by atoms with Gasteiger partial charge in [0.2, 0.25) is 0 Å². The number of rotatable bonds is 4. The van der Waals surface area contributed by atoms with Gasteiger partial charge >= 0.3 is 5.69 Å². The van der Waals surface area contributed by atoms with Crippen LogP contribution in [0, 0.1) is 13.8 Å². The molecule has 2 heterocycles. The molecule has 0 saturated carbocycles. The van der Waals surface area contributed by atoms with Crippen molar-refractivity contribution < 1.29 is 4.79 Å². The molecular formula is C17H18N4O2S. The predicted octanol–water partition coefficient (Wildman–Crippen LogP) is 2.91. The van der Waals surface area contributed by atoms with Gasteiger partial charge in [-0.25, -0.2) is 9.78 Å². The van der Waals surface area contributed by atoms with Crippen molar-refractivity contribution in [3.05, 3.63) is 63.3 Å². The summed E-state index contributed by atoms with van der Waals surface area (Å²) in [7, 11) is 0. The molecule has 0 radical (unpaired) electrons. The number of carbonyl (C=O) groups is 1. The molecule has 1 amide bonds. The van der Waals surface area contributed by atoms with Crippen LogP contribution >= 0.6 is 11.3 Å². The summed E-state index contributed by atoms with van der Waals surface area (Å²) in [6.07, 6.45) is 1.66. The van der Waals surface area contributed by atoms with Crippen molar-refractivity contribution in [2.24, 2.45) is 0 Å². The number of nitrogens with one attached hydrogen (secondary N) is 1. The van der Waals surface area contributed by atoms with Gasteiger partial charge in [0, 0.05) is 29.4 Å². The fourth-order valence-corrected chi connectivity index (χ4v) is 3.38. The molecule has 3 aromatic rings. The number of anilines is 1. The number of imidazole rings is 1. The first-order valence-corrected chi connectivity index (χ1v) is 8.50. The van der Waals surface area contributed by atoms with Gasteiger partial charge in [0.1, 0.15) is 0 Å². The van der Waals surface area contributed by atoms with E-state index in [1.165, 1.54) is 11.3 Å². The first-order valence-electron chi connectivity index (χ1n) is 7.62. The minimum absolute atomic E-state index is 0.100. The van der Waals surface area contributed by atoms with E-state index in [1.807, 2.05) is 26.2 Å². The average Bonchev–Trinajstić information content (AvgIpc) is 3.14. The fraction of sp³-hybridized carbons (Fsp3) is 0.235. The number of thiazole rings is 1. The lowest BCUT2D eigenvalue weighted by Crippen LogP contribution is -2.30. The minimum atomic E-state index is -0.194. The third kappa shape index (κ3) is 2.90. The largest absolute Gasteiger partial charge is 0.330 e. The summed E-state index contributed by atoms with van der Waals surface area (Å²) in [5.74, 6) is -0.100. The van der Waals surface area contributed by atoms with Crippen molar-refractivity contribution in [2.45, 2.75) is 20.8 Å². The van der Waals surface area contributed by atoms with Crippen molar-refractivity contribution in [1.82, 2.24) is 14.5 Å². The van der Waals surface area contributed by atoms with Gasteiger partial charge in [0.25, 0.3) is 5.91 Å². The van der Waals surface area contributed by atoms with Crippen molar-refractivity contribution >= 4 is 22.4 Å². The zero-order chi connectivity index (χ0) is 17.3. The summed E-state index contributed by atoms with van der Waals surface area (Å²) in [6.45, 7) is 6.22. The molecule has 0 saturated heterocycles. The minimum Gasteiger partial charge on any atom is -0.312 e. The smallest absolute Gasteiger partial charge is 0.312 e. The molecule has 0 fully saturated rings. The van der Waals surface area contributed by atoms with E-state index in [-0.39, 0.29) is 11.6 Å². The SMILES string of the molecule is CCN(C(=O)c1ccc(-n2c(C)c[nH]c2=O)cc1)c1nc(C)cs1. The molecule has 0 unspecified atom stereocenters. The maximum atomic E-state index is 12.7. The molecule has 7 heteroatoms. The van der Waals surface area contributed by atoms with Gasteiger partial charge in [-0.2, -0.15) is 0 Å². The average molecular weight is 342 g/mol. The molecule has 2 aromatic heterocycles. The molecule has 124 valence electrons. The summed E-state index contributed by atoms with van der Waals surface area (Å²) in [5.41, 5.74) is 2.81. The van der Waals surface area contributed by atoms with Gasteiger partial charge in [0.05, 0.1) is 11.4 Å². The number of amides is 1. The number of hydrogen-bond donors (Lipinski definition) is 1. The summed E-state index contributed by atoms with van der Waals surface area (Å²) in [5, 5.41) is 2.62. The second-order valence-corrected chi connectivity index (χ2v) is 6.27. The molecule has 24 heavy (non-hydrogen) atoms. The summed E-state index contributed by atoms with van der Waals surface area (Å²) >= 11 is 1.45. The highest BCUT2D eigenvalue weighted by Crippen LogP contribution is 2.22. The number of carbonyl (C=O) groups excluding carboxylic acids is 1. The number of nitrogens with zero attached hydrogens (tertiary/aromatic N) is 3. The fourth-order valence-electron chi connectivity index (χ4n) is 2.52. The molecule has 0 aliphatic carbocycles. The van der Waals surface area contributed by atoms with Crippen LogP contribution in [0.25, 0.3) is 5.69 Å². The Bertz CT molecular complexity index is 921. The van der Waals surface area contributed by atoms with Gasteiger partial charge in [-0.1, -0.05) is 0 Å². The molecule has 0 bridgehead atoms. The second-order valence-electron chi connectivity index (χ2n) is 5.44. The Morgan fingerprint density at radius 3 is 2.50 bits per heavy atom. The number of hydrogen-bond acceptors (Lipinski definition) is 4. The highest BCUT2D eigenvalue weighted by molar-refractivity contribution is 7.14. The lowest BCUT2D eigenvalue weighted by atomic mass is 10.2. The van der Waals surface area contributed by atoms with Crippen LogP contribution in [-0.2, 0) is 0 Å². The zero-order valence-corrected chi connectivity index (χ0v) is 14.6. The molecule has 0 spiro atoms. The molecule has 0 atom stereocenters. The number of aryl methyl sites for hydroxylation is 2. The molecule has 1 N–H and O–H groups in total. The van der Waals surface area contributed by atoms with E-state index in [2.05, 4.69) is 9.97 Å². The van der Waals surface area contributed by atoms with Gasteiger partial charge < -0.3 is 4.98 Å². The number of aromatic nitrogens is 3. The Morgan fingerprint density at radius 2 is 2.00 bits per heavy atom. The summed E-state index contributed by atoms with van der Waals surface area (Å²) < 4.78 is 1.57. The van der Waals surface area contributed by atoms with E-state index in [0.717, 1.165) is 17.1 Å². The van der Waals surface area contributed by atoms with Crippen molar-refractivity contribution in [3.63, 3.8) is 0 Å². The van der Waals surface area contributed by atoms with Crippen LogP contribution in [0.15, 0.2) is 40.6 Å². The highest BCUT2D eigenvalue weighted by Gasteiger charge is 2.19. The first-order chi connectivity index (χ1) is 11.5. The quantitative estimate of drug-likeness (QED) is 0.792. The van der Waals surface area contributed by atoms with Crippen LogP contribution < -0.4 is 10.6 Å². The molecular weight excluding hydrogens is 324 g/mol. The van der Waals surface area contributed by atoms with Crippen LogP contribution in [0.3, 0.4) is 0 Å². The van der Waals surface area contributed by atoms with Gasteiger partial charge in [0.15, 0.2) is 5.13 Å². The van der Waals surface area contributed by atoms with Gasteiger partial charge in [-0.3, -0.25) is 14.3 Å². The van der Waals surface area contributed by atoms with Crippen LogP contribution in [-0.4, -0.2) is 27.0 Å². The predicted molar refractivity (Wildman–Crippen MR) is 95.3 cm³/mol. The Morgan fingerprint density at radius 1 is 1.29 bits per heavy atom. The lowest BCUT2D eigenvalue weighted by molar-refractivity contribution is 0.0988. The Kier molecular flexibility index (Phi) is 4.35. The van der Waals surface area contributed by atoms with E-state index >= 15 is 0 Å². The molecule has 3 rings (SSSR count). The number of H-pyrrole nitrogens is 1. The molecule has 1 aromatic carbocycles. The first kappa shape index (κ1) is 16.2. The molecule has 6 nitrogen and oxygen atoms in total. The van der Waals surface area contributed by atoms with Crippen molar-refractivity contribution in [2.75, 3.05) is 11.4 Å². The van der Waals surface area contributed by atoms with Gasteiger partial charge in [-0.15, -0.1) is 11.3 Å². The van der Waals surface area contributed by atoms with E-state index in [0.29, 0.717) is 17.2 Å². The van der Waals surface area contributed by atoms with E-state index < -0.39 is 0 Å².